The summed E-state index contributed by atoms with van der Waals surface area (Å²) in [4.78, 5) is 0. The minimum Gasteiger partial charge on any atom is 0.0252 e. The molecule has 30 valence electrons. The van der Waals surface area contributed by atoms with Crippen molar-refractivity contribution in [3.63, 3.8) is 0 Å². The standard InChI is InChI=1S/CHN4S/c2-4-5-3-1-6/h5H/q+1. The maximum Gasteiger partial charge on any atom is 0.229 e. The first-order valence-corrected chi connectivity index (χ1v) is 1.48. The lowest BCUT2D eigenvalue weighted by molar-refractivity contribution is 0.939. The third-order valence-corrected chi connectivity index (χ3v) is 0.232. The molecule has 0 heterocycles. The van der Waals surface area contributed by atoms with Gasteiger partial charge in [-0.3, -0.25) is 0 Å². The summed E-state index contributed by atoms with van der Waals surface area (Å²) in [5.41, 5.74) is 1.79. The van der Waals surface area contributed by atoms with Crippen molar-refractivity contribution in [1.82, 2.24) is 5.53 Å². The number of nitrogens with zero attached hydrogens (tertiary/aromatic N) is 3. The Labute approximate surface area is 39.4 Å². The van der Waals surface area contributed by atoms with Crippen molar-refractivity contribution >= 4 is 17.4 Å². The molecule has 0 aliphatic rings. The van der Waals surface area contributed by atoms with Crippen molar-refractivity contribution in [2.24, 2.45) is 5.10 Å². The van der Waals surface area contributed by atoms with Crippen LogP contribution in [0.15, 0.2) is 5.10 Å². The van der Waals surface area contributed by atoms with Gasteiger partial charge in [-0.1, -0.05) is 0 Å². The molecule has 0 saturated carbocycles. The lowest BCUT2D eigenvalue weighted by Gasteiger charge is -1.46. The highest BCUT2D eigenvalue weighted by molar-refractivity contribution is 7.78. The number of thiocarbonyl (C=S) groups is 1. The second-order valence-corrected chi connectivity index (χ2v) is 0.586. The molecule has 0 fully saturated rings. The summed E-state index contributed by atoms with van der Waals surface area (Å²) in [5, 5.41) is 14.8. The third kappa shape index (κ3) is 3.02. The van der Waals surface area contributed by atoms with Crippen LogP contribution in [-0.2, 0) is 0 Å². The van der Waals surface area contributed by atoms with Gasteiger partial charge in [0, 0.05) is 12.2 Å². The van der Waals surface area contributed by atoms with Crippen molar-refractivity contribution in [2.45, 2.75) is 0 Å². The minimum absolute atomic E-state index is 1.79. The van der Waals surface area contributed by atoms with Gasteiger partial charge in [-0.2, -0.15) is 0 Å². The van der Waals surface area contributed by atoms with Gasteiger partial charge in [0.05, 0.1) is 5.53 Å². The third-order valence-electron chi connectivity index (χ3n) is 0.140. The topological polar surface area (TPSA) is 52.5 Å². The van der Waals surface area contributed by atoms with Gasteiger partial charge >= 0.3 is 0 Å². The van der Waals surface area contributed by atoms with E-state index in [0.29, 0.717) is 0 Å². The zero-order chi connectivity index (χ0) is 4.83. The molecule has 1 N–H and O–H groups in total. The number of diazo groups is 1. The van der Waals surface area contributed by atoms with Crippen LogP contribution in [0.4, 0.5) is 0 Å². The lowest BCUT2D eigenvalue weighted by Crippen LogP contribution is -1.83. The fourth-order valence-electron chi connectivity index (χ4n) is 0.0428. The van der Waals surface area contributed by atoms with Crippen LogP contribution in [0.25, 0.3) is 5.08 Å². The summed E-state index contributed by atoms with van der Waals surface area (Å²) in [6.07, 6.45) is 0. The molecule has 0 aliphatic carbocycles. The van der Waals surface area contributed by atoms with Crippen LogP contribution in [0.1, 0.15) is 0 Å². The van der Waals surface area contributed by atoms with E-state index in [1.807, 2.05) is 5.16 Å². The predicted octanol–water partition coefficient (Wildman–Crippen LogP) is 0.362. The number of isothiocyanates is 1. The Morgan fingerprint density at radius 2 is 2.67 bits per heavy atom. The van der Waals surface area contributed by atoms with E-state index in [-0.39, 0.29) is 0 Å². The van der Waals surface area contributed by atoms with Crippen LogP contribution >= 0.6 is 12.2 Å². The van der Waals surface area contributed by atoms with Crippen LogP contribution < -0.4 is 5.53 Å². The molecule has 5 heteroatoms. The van der Waals surface area contributed by atoms with Gasteiger partial charge < -0.3 is 0 Å². The highest BCUT2D eigenvalue weighted by atomic mass is 32.1. The summed E-state index contributed by atoms with van der Waals surface area (Å²) in [7, 11) is 0. The van der Waals surface area contributed by atoms with Gasteiger partial charge in [0.15, 0.2) is 0 Å². The lowest BCUT2D eigenvalue weighted by atomic mass is 11.7. The number of hydrogen-bond donors (Lipinski definition) is 1. The molecule has 0 aromatic heterocycles. The summed E-state index contributed by atoms with van der Waals surface area (Å²) < 4.78 is 0. The monoisotopic (exact) mass is 101 g/mol. The largest absolute Gasteiger partial charge is 0.229 e. The molecule has 0 atom stereocenters. The highest BCUT2D eigenvalue weighted by Gasteiger charge is 1.70. The van der Waals surface area contributed by atoms with Crippen LogP contribution in [0.5, 0.6) is 0 Å². The zero-order valence-corrected chi connectivity index (χ0v) is 3.57. The Morgan fingerprint density at radius 3 is 2.83 bits per heavy atom. The summed E-state index contributed by atoms with van der Waals surface area (Å²) in [6.45, 7) is 0. The van der Waals surface area contributed by atoms with Crippen molar-refractivity contribution in [2.75, 3.05) is 0 Å². The van der Waals surface area contributed by atoms with E-state index >= 15 is 0 Å². The van der Waals surface area contributed by atoms with Gasteiger partial charge in [0.1, 0.15) is 15.6 Å². The van der Waals surface area contributed by atoms with Crippen LogP contribution in [-0.4, -0.2) is 5.16 Å². The average molecular weight is 101 g/mol. The molecular weight excluding hydrogens is 100 g/mol. The average Bonchev–Trinajstić information content (AvgIpc) is 1.61. The predicted molar refractivity (Wildman–Crippen MR) is 23.2 cm³/mol. The maximum atomic E-state index is 7.53. The molecule has 0 bridgehead atoms. The van der Waals surface area contributed by atoms with Crippen LogP contribution in [0.2, 0.25) is 0 Å². The summed E-state index contributed by atoms with van der Waals surface area (Å²) in [6, 6.07) is 0. The van der Waals surface area contributed by atoms with Crippen molar-refractivity contribution in [3.05, 3.63) is 5.08 Å². The maximum absolute atomic E-state index is 7.53. The van der Waals surface area contributed by atoms with Crippen molar-refractivity contribution in [3.8, 4) is 0 Å². The van der Waals surface area contributed by atoms with Crippen LogP contribution in [0, 0.1) is 5.39 Å². The zero-order valence-electron chi connectivity index (χ0n) is 2.75. The van der Waals surface area contributed by atoms with Gasteiger partial charge in [-0.25, -0.2) is 0 Å². The number of nitrogens with one attached hydrogen (secondary N) is 1. The van der Waals surface area contributed by atoms with Gasteiger partial charge in [-0.05, 0) is 0 Å². The molecule has 0 rings (SSSR count). The smallest absolute Gasteiger partial charge is 0.0252 e. The Kier molecular flexibility index (Phi) is 3.36. The molecule has 0 saturated heterocycles. The molecular formula is CHN4S+. The Morgan fingerprint density at radius 1 is 2.00 bits per heavy atom. The van der Waals surface area contributed by atoms with Crippen molar-refractivity contribution in [1.29, 1.82) is 5.39 Å². The van der Waals surface area contributed by atoms with Gasteiger partial charge in [0.25, 0.3) is 0 Å². The SMILES string of the molecule is N#[N+]NN=C=S. The summed E-state index contributed by atoms with van der Waals surface area (Å²) in [5.74, 6) is 0. The Hall–Kier alpha value is -0.980. The van der Waals surface area contributed by atoms with E-state index in [4.69, 9.17) is 5.39 Å². The number of hydrazone groups is 1. The van der Waals surface area contributed by atoms with E-state index in [0.717, 1.165) is 0 Å². The molecule has 4 nitrogen and oxygen atoms in total. The van der Waals surface area contributed by atoms with Crippen LogP contribution in [0.3, 0.4) is 0 Å². The first kappa shape index (κ1) is 5.02. The molecule has 6 heavy (non-hydrogen) atoms. The molecule has 0 unspecified atom stereocenters. The second-order valence-electron chi connectivity index (χ2n) is 0.403. The fourth-order valence-corrected chi connectivity index (χ4v) is 0.0836. The summed E-state index contributed by atoms with van der Waals surface area (Å²) >= 11 is 4.07. The van der Waals surface area contributed by atoms with E-state index in [9.17, 15) is 0 Å². The molecule has 0 aliphatic heterocycles. The fraction of sp³-hybridized carbons (Fsp3) is 0. The van der Waals surface area contributed by atoms with Gasteiger partial charge in [0.2, 0.25) is 5.16 Å². The van der Waals surface area contributed by atoms with E-state index in [2.05, 4.69) is 22.4 Å². The molecule has 0 radical (unpaired) electrons. The van der Waals surface area contributed by atoms with Gasteiger partial charge in [-0.15, -0.1) is 0 Å². The normalized spacial score (nSPS) is 4.50. The minimum atomic E-state index is 1.79. The van der Waals surface area contributed by atoms with E-state index in [1.54, 1.807) is 5.53 Å². The molecule has 0 aromatic rings. The second kappa shape index (κ2) is 4.02. The van der Waals surface area contributed by atoms with Crippen molar-refractivity contribution < 1.29 is 0 Å². The highest BCUT2D eigenvalue weighted by Crippen LogP contribution is 1.48. The Bertz CT molecular complexity index is 105. The molecule has 0 spiro atoms. The number of hydrogen-bond acceptors (Lipinski definition) is 4. The quantitative estimate of drug-likeness (QED) is 0.224. The first-order valence-electron chi connectivity index (χ1n) is 1.07. The van der Waals surface area contributed by atoms with E-state index < -0.39 is 0 Å². The first-order chi connectivity index (χ1) is 2.91. The molecule has 0 aromatic carbocycles. The number of rotatable bonds is 1. The Balaban J connectivity index is 3.16. The molecule has 0 amide bonds. The van der Waals surface area contributed by atoms with E-state index in [1.165, 1.54) is 0 Å².